The first kappa shape index (κ1) is 31.7. The van der Waals surface area contributed by atoms with Crippen molar-refractivity contribution in [3.05, 3.63) is 47.7 Å². The number of hydrogen-bond donors (Lipinski definition) is 8. The summed E-state index contributed by atoms with van der Waals surface area (Å²) in [7, 11) is 1.60. The third-order valence-electron chi connectivity index (χ3n) is 7.76. The number of rotatable bonds is 9. The van der Waals surface area contributed by atoms with Gasteiger partial charge in [-0.2, -0.15) is 0 Å². The Balaban J connectivity index is 1.38. The smallest absolute Gasteiger partial charge is 0.331 e. The number of aliphatic hydroxyl groups is 3. The average Bonchev–Trinajstić information content (AvgIpc) is 2.94. The van der Waals surface area contributed by atoms with Gasteiger partial charge < -0.3 is 67.3 Å². The molecule has 1 aromatic rings. The largest absolute Gasteiger partial charge is 0.466 e. The molecule has 0 spiro atoms. The maximum Gasteiger partial charge on any atom is 0.331 e. The molecule has 0 aromatic heterocycles. The average molecular weight is 582 g/mol. The fraction of sp³-hybridized carbons (Fsp3) is 0.667. The molecule has 12 N–H and O–H groups in total. The second-order valence-electron chi connectivity index (χ2n) is 11.1. The van der Waals surface area contributed by atoms with Gasteiger partial charge >= 0.3 is 5.97 Å². The third-order valence-corrected chi connectivity index (χ3v) is 7.76. The van der Waals surface area contributed by atoms with E-state index in [1.54, 1.807) is 13.1 Å². The third kappa shape index (κ3) is 7.24. The van der Waals surface area contributed by atoms with Crippen LogP contribution in [-0.2, 0) is 35.1 Å². The Hall–Kier alpha value is -2.21. The highest BCUT2D eigenvalue weighted by Crippen LogP contribution is 2.31. The molecule has 1 unspecified atom stereocenters. The van der Waals surface area contributed by atoms with E-state index in [9.17, 15) is 20.1 Å². The zero-order valence-corrected chi connectivity index (χ0v) is 23.2. The van der Waals surface area contributed by atoms with Crippen molar-refractivity contribution in [1.82, 2.24) is 5.32 Å². The topological polar surface area (TPSA) is 240 Å². The minimum Gasteiger partial charge on any atom is -0.466 e. The molecular weight excluding hydrogens is 538 g/mol. The molecule has 1 saturated carbocycles. The van der Waals surface area contributed by atoms with Crippen molar-refractivity contribution in [2.75, 3.05) is 13.7 Å². The van der Waals surface area contributed by atoms with Crippen LogP contribution >= 0.6 is 0 Å². The number of carbonyl (C=O) groups is 1. The minimum absolute atomic E-state index is 0.0525. The molecule has 0 amide bonds. The molecule has 230 valence electrons. The highest BCUT2D eigenvalue weighted by atomic mass is 16.7. The summed E-state index contributed by atoms with van der Waals surface area (Å²) in [6, 6.07) is 5.13. The molecule has 3 aliphatic rings. The summed E-state index contributed by atoms with van der Waals surface area (Å²) in [5.41, 5.74) is 24.4. The second-order valence-corrected chi connectivity index (χ2v) is 11.1. The van der Waals surface area contributed by atoms with Crippen LogP contribution in [0.1, 0.15) is 25.3 Å². The van der Waals surface area contributed by atoms with E-state index in [4.69, 9.17) is 46.6 Å². The summed E-state index contributed by atoms with van der Waals surface area (Å²) >= 11 is 0. The van der Waals surface area contributed by atoms with Gasteiger partial charge in [0.05, 0.1) is 18.7 Å². The van der Waals surface area contributed by atoms with E-state index < -0.39 is 78.8 Å². The fourth-order valence-electron chi connectivity index (χ4n) is 5.41. The van der Waals surface area contributed by atoms with Gasteiger partial charge in [-0.15, -0.1) is 0 Å². The van der Waals surface area contributed by atoms with Crippen molar-refractivity contribution in [2.45, 2.75) is 99.2 Å². The molecule has 14 nitrogen and oxygen atoms in total. The van der Waals surface area contributed by atoms with E-state index in [-0.39, 0.29) is 31.8 Å². The van der Waals surface area contributed by atoms with Crippen molar-refractivity contribution in [3.63, 3.8) is 0 Å². The van der Waals surface area contributed by atoms with Crippen LogP contribution in [0.15, 0.2) is 42.2 Å². The summed E-state index contributed by atoms with van der Waals surface area (Å²) in [5, 5.41) is 35.4. The zero-order chi connectivity index (χ0) is 29.9. The van der Waals surface area contributed by atoms with Gasteiger partial charge in [-0.1, -0.05) is 30.3 Å². The van der Waals surface area contributed by atoms with Crippen LogP contribution in [0.4, 0.5) is 0 Å². The van der Waals surface area contributed by atoms with Gasteiger partial charge in [0.1, 0.15) is 42.4 Å². The van der Waals surface area contributed by atoms with E-state index in [1.165, 1.54) is 6.92 Å². The van der Waals surface area contributed by atoms with Gasteiger partial charge in [0.2, 0.25) is 6.29 Å². The van der Waals surface area contributed by atoms with Gasteiger partial charge in [0.15, 0.2) is 12.3 Å². The highest BCUT2D eigenvalue weighted by Gasteiger charge is 2.51. The van der Waals surface area contributed by atoms with Crippen LogP contribution in [0.3, 0.4) is 0 Å². The van der Waals surface area contributed by atoms with Crippen LogP contribution in [-0.4, -0.2) is 108 Å². The lowest BCUT2D eigenvalue weighted by molar-refractivity contribution is -0.303. The van der Waals surface area contributed by atoms with Gasteiger partial charge in [-0.05, 0) is 38.5 Å². The molecule has 1 aromatic carbocycles. The molecule has 0 bridgehead atoms. The maximum atomic E-state index is 12.6. The molecule has 1 aliphatic carbocycles. The van der Waals surface area contributed by atoms with Crippen LogP contribution in [0.5, 0.6) is 0 Å². The molecule has 1 saturated heterocycles. The normalized spacial score (nSPS) is 40.3. The predicted molar refractivity (Wildman–Crippen MR) is 145 cm³/mol. The number of hydrogen-bond acceptors (Lipinski definition) is 14. The highest BCUT2D eigenvalue weighted by molar-refractivity contribution is 5.78. The Labute approximate surface area is 238 Å². The molecule has 2 aliphatic heterocycles. The second kappa shape index (κ2) is 13.4. The van der Waals surface area contributed by atoms with Gasteiger partial charge in [0, 0.05) is 12.1 Å². The van der Waals surface area contributed by atoms with Crippen molar-refractivity contribution in [1.29, 1.82) is 0 Å². The van der Waals surface area contributed by atoms with E-state index in [2.05, 4.69) is 5.32 Å². The SMILES string of the molecule is CN[C@@H]1[C@@H](O)[C@@H](O[C@@H]2[C@@H](O)[C@H](O[C@H]3OC(C(N)C(=O)OCc4ccccc4)=CC[C@H]3N)[C@@H](N)C[C@H]2N)OC[C@]1(C)O. The zero-order valence-electron chi connectivity index (χ0n) is 23.2. The number of nitrogens with two attached hydrogens (primary N) is 4. The monoisotopic (exact) mass is 581 g/mol. The first-order valence-electron chi connectivity index (χ1n) is 13.7. The Bertz CT molecular complexity index is 1050. The van der Waals surface area contributed by atoms with Crippen LogP contribution in [0, 0.1) is 0 Å². The molecule has 2 heterocycles. The molecular formula is C27H43N5O9. The summed E-state index contributed by atoms with van der Waals surface area (Å²) in [5.74, 6) is -0.560. The summed E-state index contributed by atoms with van der Waals surface area (Å²) in [6.07, 6.45) is -4.86. The summed E-state index contributed by atoms with van der Waals surface area (Å²) in [6.45, 7) is 1.46. The number of esters is 1. The van der Waals surface area contributed by atoms with Gasteiger partial charge in [0.25, 0.3) is 0 Å². The lowest BCUT2D eigenvalue weighted by Crippen LogP contribution is -2.68. The van der Waals surface area contributed by atoms with Crippen LogP contribution < -0.4 is 28.3 Å². The van der Waals surface area contributed by atoms with E-state index >= 15 is 0 Å². The molecule has 4 rings (SSSR count). The van der Waals surface area contributed by atoms with E-state index in [0.717, 1.165) is 5.56 Å². The van der Waals surface area contributed by atoms with Gasteiger partial charge in [-0.25, -0.2) is 4.79 Å². The van der Waals surface area contributed by atoms with E-state index in [0.29, 0.717) is 0 Å². The standard InChI is InChI=1S/C27H43N5O9/c1-27(36)12-38-26(20(34)23(27)32-2)41-22-16(30)10-15(29)21(19(22)33)40-25-14(28)8-9-17(39-25)18(31)24(35)37-11-13-6-4-3-5-7-13/h3-7,9,14-16,18-23,25-26,32-34,36H,8,10-12,28-31H2,1-2H3/t14-,15+,16-,18?,19+,20-,21-,22+,23-,25-,26-,27+/m1/s1. The Morgan fingerprint density at radius 3 is 2.34 bits per heavy atom. The summed E-state index contributed by atoms with van der Waals surface area (Å²) < 4.78 is 28.8. The number of carbonyl (C=O) groups excluding carboxylic acids is 1. The number of ether oxygens (including phenoxy) is 5. The predicted octanol–water partition coefficient (Wildman–Crippen LogP) is -2.74. The quantitative estimate of drug-likeness (QED) is 0.138. The first-order chi connectivity index (χ1) is 19.4. The van der Waals surface area contributed by atoms with Crippen molar-refractivity contribution in [3.8, 4) is 0 Å². The molecule has 2 fully saturated rings. The van der Waals surface area contributed by atoms with E-state index in [1.807, 2.05) is 30.3 Å². The molecule has 14 heteroatoms. The fourth-order valence-corrected chi connectivity index (χ4v) is 5.41. The Morgan fingerprint density at radius 2 is 1.71 bits per heavy atom. The summed E-state index contributed by atoms with van der Waals surface area (Å²) in [4.78, 5) is 12.6. The van der Waals surface area contributed by atoms with Crippen LogP contribution in [0.2, 0.25) is 0 Å². The molecule has 41 heavy (non-hydrogen) atoms. The molecule has 0 radical (unpaired) electrons. The lowest BCUT2D eigenvalue weighted by Gasteiger charge is -2.48. The Kier molecular flexibility index (Phi) is 10.4. The van der Waals surface area contributed by atoms with Crippen molar-refractivity contribution in [2.24, 2.45) is 22.9 Å². The lowest BCUT2D eigenvalue weighted by atomic mass is 9.84. The Morgan fingerprint density at radius 1 is 1.07 bits per heavy atom. The number of aliphatic hydroxyl groups excluding tert-OH is 2. The first-order valence-corrected chi connectivity index (χ1v) is 13.7. The van der Waals surface area contributed by atoms with Crippen molar-refractivity contribution < 1.29 is 43.8 Å². The number of benzene rings is 1. The minimum atomic E-state index is -1.35. The maximum absolute atomic E-state index is 12.6. The number of nitrogens with one attached hydrogen (secondary N) is 1. The number of likely N-dealkylation sites (N-methyl/N-ethyl adjacent to an activating group) is 1. The van der Waals surface area contributed by atoms with Gasteiger partial charge in [-0.3, -0.25) is 0 Å². The van der Waals surface area contributed by atoms with Crippen molar-refractivity contribution >= 4 is 5.97 Å². The molecule has 12 atom stereocenters. The van der Waals surface area contributed by atoms with Crippen LogP contribution in [0.25, 0.3) is 0 Å².